The maximum atomic E-state index is 6.70. The summed E-state index contributed by atoms with van der Waals surface area (Å²) < 4.78 is 9.18. The second kappa shape index (κ2) is 11.2. The van der Waals surface area contributed by atoms with Gasteiger partial charge >= 0.3 is 0 Å². The molecule has 0 fully saturated rings. The first-order valence-corrected chi connectivity index (χ1v) is 17.4. The molecule has 0 N–H and O–H groups in total. The Kier molecular flexibility index (Phi) is 6.39. The number of hydrogen-bond donors (Lipinski definition) is 0. The largest absolute Gasteiger partial charge is 0.455 e. The number of rotatable bonds is 5. The number of anilines is 3. The Balaban J connectivity index is 1.13. The van der Waals surface area contributed by atoms with Gasteiger partial charge in [-0.1, -0.05) is 109 Å². The Hall–Kier alpha value is -6.16. The third-order valence-corrected chi connectivity index (χ3v) is 10.8. The Morgan fingerprint density at radius 3 is 1.76 bits per heavy atom. The lowest BCUT2D eigenvalue weighted by molar-refractivity contribution is 0.673. The molecular formula is C46H29NOS. The molecule has 0 saturated heterocycles. The molecule has 2 aromatic heterocycles. The van der Waals surface area contributed by atoms with Gasteiger partial charge in [-0.05, 0) is 99.8 Å². The third kappa shape index (κ3) is 4.62. The number of para-hydroxylation sites is 1. The number of nitrogens with zero attached hydrogens (tertiary/aromatic N) is 1. The monoisotopic (exact) mass is 643 g/mol. The highest BCUT2D eigenvalue weighted by atomic mass is 32.1. The Bertz CT molecular complexity index is 2810. The van der Waals surface area contributed by atoms with Crippen molar-refractivity contribution in [1.82, 2.24) is 0 Å². The van der Waals surface area contributed by atoms with Crippen LogP contribution < -0.4 is 4.90 Å². The van der Waals surface area contributed by atoms with Crippen molar-refractivity contribution in [2.75, 3.05) is 4.90 Å². The quantitative estimate of drug-likeness (QED) is 0.186. The van der Waals surface area contributed by atoms with Crippen LogP contribution >= 0.6 is 11.3 Å². The fourth-order valence-electron chi connectivity index (χ4n) is 7.33. The average Bonchev–Trinajstić information content (AvgIpc) is 3.72. The fraction of sp³-hybridized carbons (Fsp3) is 0. The van der Waals surface area contributed by atoms with Crippen LogP contribution in [0.3, 0.4) is 0 Å². The minimum Gasteiger partial charge on any atom is -0.455 e. The van der Waals surface area contributed by atoms with Crippen molar-refractivity contribution in [3.05, 3.63) is 176 Å². The number of thiophene rings is 1. The van der Waals surface area contributed by atoms with Gasteiger partial charge in [-0.3, -0.25) is 0 Å². The molecule has 0 spiro atoms. The molecule has 3 heteroatoms. The van der Waals surface area contributed by atoms with Crippen LogP contribution in [-0.4, -0.2) is 0 Å². The second-order valence-electron chi connectivity index (χ2n) is 12.5. The SMILES string of the molecule is c1ccc(-c2ccccc2-c2ccc(N(c3ccccc3)c3ccc4sc5ccc6c7cc8ccccc8cc7oc6c5c4c3)cc2)cc1. The van der Waals surface area contributed by atoms with Crippen molar-refractivity contribution >= 4 is 81.3 Å². The topological polar surface area (TPSA) is 16.4 Å². The van der Waals surface area contributed by atoms with Gasteiger partial charge in [-0.15, -0.1) is 11.3 Å². The Labute approximate surface area is 287 Å². The third-order valence-electron chi connectivity index (χ3n) is 9.64. The molecule has 0 aliphatic heterocycles. The molecular weight excluding hydrogens is 615 g/mol. The predicted octanol–water partition coefficient (Wildman–Crippen LogP) is 13.9. The van der Waals surface area contributed by atoms with E-state index in [2.05, 4.69) is 181 Å². The molecule has 230 valence electrons. The van der Waals surface area contributed by atoms with E-state index in [1.54, 1.807) is 0 Å². The molecule has 10 aromatic rings. The molecule has 2 heterocycles. The number of fused-ring (bicyclic) bond motifs is 8. The summed E-state index contributed by atoms with van der Waals surface area (Å²) in [4.78, 5) is 2.35. The van der Waals surface area contributed by atoms with Crippen molar-refractivity contribution in [2.24, 2.45) is 0 Å². The van der Waals surface area contributed by atoms with Crippen molar-refractivity contribution in [3.63, 3.8) is 0 Å². The molecule has 0 aliphatic carbocycles. The average molecular weight is 644 g/mol. The molecule has 0 radical (unpaired) electrons. The lowest BCUT2D eigenvalue weighted by Gasteiger charge is -2.26. The summed E-state index contributed by atoms with van der Waals surface area (Å²) in [6, 6.07) is 63.1. The summed E-state index contributed by atoms with van der Waals surface area (Å²) in [5.41, 5.74) is 10.1. The normalized spacial score (nSPS) is 11.7. The van der Waals surface area contributed by atoms with Crippen LogP contribution in [0.1, 0.15) is 0 Å². The zero-order chi connectivity index (χ0) is 32.3. The minimum atomic E-state index is 0.927. The van der Waals surface area contributed by atoms with Crippen LogP contribution in [0.5, 0.6) is 0 Å². The first-order valence-electron chi connectivity index (χ1n) is 16.6. The van der Waals surface area contributed by atoms with E-state index in [1.165, 1.54) is 53.2 Å². The maximum Gasteiger partial charge on any atom is 0.144 e. The van der Waals surface area contributed by atoms with E-state index < -0.39 is 0 Å². The van der Waals surface area contributed by atoms with Crippen LogP contribution in [-0.2, 0) is 0 Å². The van der Waals surface area contributed by atoms with E-state index in [0.717, 1.165) is 39.0 Å². The van der Waals surface area contributed by atoms with Crippen molar-refractivity contribution in [1.29, 1.82) is 0 Å². The van der Waals surface area contributed by atoms with E-state index in [-0.39, 0.29) is 0 Å². The summed E-state index contributed by atoms with van der Waals surface area (Å²) in [5, 5.41) is 7.12. The van der Waals surface area contributed by atoms with Crippen LogP contribution in [0.25, 0.3) is 75.1 Å². The highest BCUT2D eigenvalue weighted by Crippen LogP contribution is 2.45. The van der Waals surface area contributed by atoms with Gasteiger partial charge in [0.05, 0.1) is 0 Å². The summed E-state index contributed by atoms with van der Waals surface area (Å²) >= 11 is 1.82. The summed E-state index contributed by atoms with van der Waals surface area (Å²) in [5.74, 6) is 0. The molecule has 0 unspecified atom stereocenters. The molecule has 0 aliphatic rings. The number of hydrogen-bond acceptors (Lipinski definition) is 3. The number of benzene rings is 8. The van der Waals surface area contributed by atoms with Gasteiger partial charge in [0.15, 0.2) is 0 Å². The van der Waals surface area contributed by atoms with Gasteiger partial charge in [0.25, 0.3) is 0 Å². The summed E-state index contributed by atoms with van der Waals surface area (Å²) in [6.07, 6.45) is 0. The van der Waals surface area contributed by atoms with E-state index >= 15 is 0 Å². The van der Waals surface area contributed by atoms with Gasteiger partial charge in [0.2, 0.25) is 0 Å². The minimum absolute atomic E-state index is 0.927. The predicted molar refractivity (Wildman–Crippen MR) is 210 cm³/mol. The molecule has 0 amide bonds. The zero-order valence-electron chi connectivity index (χ0n) is 26.5. The lowest BCUT2D eigenvalue weighted by Crippen LogP contribution is -2.09. The van der Waals surface area contributed by atoms with Crippen LogP contribution in [0.2, 0.25) is 0 Å². The number of furan rings is 1. The van der Waals surface area contributed by atoms with Gasteiger partial charge in [-0.2, -0.15) is 0 Å². The smallest absolute Gasteiger partial charge is 0.144 e. The second-order valence-corrected chi connectivity index (χ2v) is 13.6. The van der Waals surface area contributed by atoms with Crippen LogP contribution in [0.15, 0.2) is 180 Å². The highest BCUT2D eigenvalue weighted by molar-refractivity contribution is 7.26. The first-order chi connectivity index (χ1) is 24.3. The molecule has 2 nitrogen and oxygen atoms in total. The fourth-order valence-corrected chi connectivity index (χ4v) is 8.41. The van der Waals surface area contributed by atoms with Crippen LogP contribution in [0, 0.1) is 0 Å². The summed E-state index contributed by atoms with van der Waals surface area (Å²) in [7, 11) is 0. The van der Waals surface area contributed by atoms with E-state index in [1.807, 2.05) is 11.3 Å². The molecule has 0 atom stereocenters. The standard InChI is InChI=1S/C46H29NOS/c1-3-11-30(12-4-1)37-17-9-10-18-38(37)31-19-21-35(22-20-31)47(34-15-5-2-6-16-34)36-23-25-43-41(29-36)45-44(49-43)26-24-39-40-27-32-13-7-8-14-33(32)28-42(40)48-46(39)45/h1-29H. The first kappa shape index (κ1) is 27.9. The Morgan fingerprint density at radius 1 is 0.408 bits per heavy atom. The summed E-state index contributed by atoms with van der Waals surface area (Å²) in [6.45, 7) is 0. The maximum absolute atomic E-state index is 6.70. The highest BCUT2D eigenvalue weighted by Gasteiger charge is 2.19. The van der Waals surface area contributed by atoms with E-state index in [4.69, 9.17) is 4.42 Å². The molecule has 10 rings (SSSR count). The molecule has 0 bridgehead atoms. The van der Waals surface area contributed by atoms with Crippen molar-refractivity contribution < 1.29 is 4.42 Å². The molecule has 49 heavy (non-hydrogen) atoms. The zero-order valence-corrected chi connectivity index (χ0v) is 27.3. The molecule has 8 aromatic carbocycles. The Morgan fingerprint density at radius 2 is 1.00 bits per heavy atom. The van der Waals surface area contributed by atoms with Gasteiger partial charge in [0.1, 0.15) is 11.2 Å². The van der Waals surface area contributed by atoms with Gasteiger partial charge < -0.3 is 9.32 Å². The van der Waals surface area contributed by atoms with E-state index in [0.29, 0.717) is 0 Å². The lowest BCUT2D eigenvalue weighted by atomic mass is 9.94. The van der Waals surface area contributed by atoms with Gasteiger partial charge in [0, 0.05) is 48.0 Å². The van der Waals surface area contributed by atoms with Crippen LogP contribution in [0.4, 0.5) is 17.1 Å². The van der Waals surface area contributed by atoms with Crippen molar-refractivity contribution in [2.45, 2.75) is 0 Å². The van der Waals surface area contributed by atoms with E-state index in [9.17, 15) is 0 Å². The van der Waals surface area contributed by atoms with Gasteiger partial charge in [-0.25, -0.2) is 0 Å². The van der Waals surface area contributed by atoms with Crippen molar-refractivity contribution in [3.8, 4) is 22.3 Å². The molecule has 0 saturated carbocycles.